The van der Waals surface area contributed by atoms with E-state index in [-0.39, 0.29) is 12.2 Å². The zero-order valence-corrected chi connectivity index (χ0v) is 12.4. The van der Waals surface area contributed by atoms with Crippen LogP contribution in [0, 0.1) is 6.92 Å². The molecule has 0 radical (unpaired) electrons. The molecule has 0 atom stereocenters. The molecule has 2 rings (SSSR count). The first kappa shape index (κ1) is 13.7. The van der Waals surface area contributed by atoms with Gasteiger partial charge in [0.2, 0.25) is 0 Å². The van der Waals surface area contributed by atoms with Gasteiger partial charge in [-0.15, -0.1) is 0 Å². The Labute approximate surface area is 120 Å². The smallest absolute Gasteiger partial charge is 0.185 e. The molecular weight excluding hydrogens is 306 g/mol. The molecule has 0 aliphatic carbocycles. The zero-order chi connectivity index (χ0) is 13.8. The van der Waals surface area contributed by atoms with Crippen LogP contribution in [0.3, 0.4) is 0 Å². The van der Waals surface area contributed by atoms with E-state index in [0.29, 0.717) is 11.4 Å². The number of rotatable bonds is 4. The maximum Gasteiger partial charge on any atom is 0.185 e. The minimum Gasteiger partial charge on any atom is -0.496 e. The number of ketones is 1. The topological polar surface area (TPSA) is 39.2 Å². The quantitative estimate of drug-likeness (QED) is 0.808. The fourth-order valence-corrected chi connectivity index (χ4v) is 2.33. The number of benzene rings is 1. The second-order valence-corrected chi connectivity index (χ2v) is 5.14. The average molecular weight is 320 g/mol. The minimum atomic E-state index is -0.00509. The number of halogens is 1. The zero-order valence-electron chi connectivity index (χ0n) is 10.8. The highest BCUT2D eigenvalue weighted by Crippen LogP contribution is 2.24. The van der Waals surface area contributed by atoms with Crippen molar-refractivity contribution in [2.45, 2.75) is 13.3 Å². The molecule has 1 aromatic heterocycles. The Bertz CT molecular complexity index is 611. The largest absolute Gasteiger partial charge is 0.496 e. The molecule has 0 aliphatic rings. The van der Waals surface area contributed by atoms with Crippen molar-refractivity contribution >= 4 is 21.7 Å². The molecule has 0 unspecified atom stereocenters. The van der Waals surface area contributed by atoms with Crippen LogP contribution in [0.1, 0.15) is 21.6 Å². The van der Waals surface area contributed by atoms with Crippen molar-refractivity contribution in [1.29, 1.82) is 0 Å². The van der Waals surface area contributed by atoms with E-state index in [4.69, 9.17) is 4.74 Å². The standard InChI is InChI=1S/C15H14BrNO2/c1-10-4-3-7-17-15(10)13(18)9-11-8-12(16)5-6-14(11)19-2/h3-8H,9H2,1-2H3. The highest BCUT2D eigenvalue weighted by molar-refractivity contribution is 9.10. The molecule has 98 valence electrons. The van der Waals surface area contributed by atoms with Crippen molar-refractivity contribution in [2.24, 2.45) is 0 Å². The van der Waals surface area contributed by atoms with Crippen LogP contribution in [0.2, 0.25) is 0 Å². The van der Waals surface area contributed by atoms with Crippen LogP contribution in [-0.4, -0.2) is 17.9 Å². The summed E-state index contributed by atoms with van der Waals surface area (Å²) >= 11 is 3.40. The van der Waals surface area contributed by atoms with Gasteiger partial charge in [-0.3, -0.25) is 9.78 Å². The molecule has 0 saturated carbocycles. The molecule has 4 heteroatoms. The van der Waals surface area contributed by atoms with E-state index in [1.54, 1.807) is 13.3 Å². The van der Waals surface area contributed by atoms with Crippen molar-refractivity contribution < 1.29 is 9.53 Å². The third kappa shape index (κ3) is 3.20. The first-order valence-corrected chi connectivity index (χ1v) is 6.68. The van der Waals surface area contributed by atoms with Crippen LogP contribution in [0.5, 0.6) is 5.75 Å². The minimum absolute atomic E-state index is 0.00509. The number of hydrogen-bond acceptors (Lipinski definition) is 3. The van der Waals surface area contributed by atoms with Gasteiger partial charge in [0, 0.05) is 22.7 Å². The van der Waals surface area contributed by atoms with Crippen LogP contribution in [0.15, 0.2) is 41.0 Å². The Morgan fingerprint density at radius 1 is 1.37 bits per heavy atom. The number of ether oxygens (including phenoxy) is 1. The lowest BCUT2D eigenvalue weighted by atomic mass is 10.0. The summed E-state index contributed by atoms with van der Waals surface area (Å²) in [6.07, 6.45) is 1.92. The van der Waals surface area contributed by atoms with Gasteiger partial charge in [-0.05, 0) is 36.8 Å². The SMILES string of the molecule is COc1ccc(Br)cc1CC(=O)c1ncccc1C. The second kappa shape index (κ2) is 5.97. The predicted octanol–water partition coefficient (Wildman–Crippen LogP) is 3.59. The molecule has 0 bridgehead atoms. The van der Waals surface area contributed by atoms with Crippen LogP contribution in [0.4, 0.5) is 0 Å². The molecular formula is C15H14BrNO2. The number of pyridine rings is 1. The third-order valence-corrected chi connectivity index (χ3v) is 3.36. The lowest BCUT2D eigenvalue weighted by molar-refractivity contribution is 0.0986. The fourth-order valence-electron chi connectivity index (χ4n) is 1.92. The van der Waals surface area contributed by atoms with Crippen molar-refractivity contribution in [1.82, 2.24) is 4.98 Å². The van der Waals surface area contributed by atoms with E-state index in [9.17, 15) is 4.79 Å². The first-order valence-electron chi connectivity index (χ1n) is 5.89. The average Bonchev–Trinajstić information content (AvgIpc) is 2.39. The molecule has 3 nitrogen and oxygen atoms in total. The Morgan fingerprint density at radius 3 is 2.84 bits per heavy atom. The van der Waals surface area contributed by atoms with Gasteiger partial charge in [-0.25, -0.2) is 0 Å². The summed E-state index contributed by atoms with van der Waals surface area (Å²) in [7, 11) is 1.60. The van der Waals surface area contributed by atoms with E-state index in [0.717, 1.165) is 15.6 Å². The first-order chi connectivity index (χ1) is 9.11. The molecule has 1 aromatic carbocycles. The van der Waals surface area contributed by atoms with Crippen molar-refractivity contribution in [3.8, 4) is 5.75 Å². The molecule has 19 heavy (non-hydrogen) atoms. The molecule has 0 spiro atoms. The summed E-state index contributed by atoms with van der Waals surface area (Å²) in [5, 5.41) is 0. The van der Waals surface area contributed by atoms with Gasteiger partial charge in [0.15, 0.2) is 5.78 Å². The highest BCUT2D eigenvalue weighted by Gasteiger charge is 2.14. The van der Waals surface area contributed by atoms with Gasteiger partial charge in [-0.2, -0.15) is 0 Å². The fraction of sp³-hybridized carbons (Fsp3) is 0.200. The summed E-state index contributed by atoms with van der Waals surface area (Å²) in [4.78, 5) is 16.4. The molecule has 0 N–H and O–H groups in total. The van der Waals surface area contributed by atoms with Crippen molar-refractivity contribution in [2.75, 3.05) is 7.11 Å². The van der Waals surface area contributed by atoms with Gasteiger partial charge < -0.3 is 4.74 Å². The monoisotopic (exact) mass is 319 g/mol. The van der Waals surface area contributed by atoms with Gasteiger partial charge in [0.1, 0.15) is 11.4 Å². The van der Waals surface area contributed by atoms with E-state index < -0.39 is 0 Å². The number of aryl methyl sites for hydroxylation is 1. The maximum absolute atomic E-state index is 12.3. The number of carbonyl (C=O) groups excluding carboxylic acids is 1. The number of nitrogens with zero attached hydrogens (tertiary/aromatic N) is 1. The second-order valence-electron chi connectivity index (χ2n) is 4.23. The Hall–Kier alpha value is -1.68. The van der Waals surface area contributed by atoms with Gasteiger partial charge in [0.25, 0.3) is 0 Å². The van der Waals surface area contributed by atoms with Gasteiger partial charge in [-0.1, -0.05) is 22.0 Å². The lowest BCUT2D eigenvalue weighted by Crippen LogP contribution is -2.08. The van der Waals surface area contributed by atoms with Crippen LogP contribution < -0.4 is 4.74 Å². The number of carbonyl (C=O) groups is 1. The van der Waals surface area contributed by atoms with E-state index in [2.05, 4.69) is 20.9 Å². The molecule has 0 amide bonds. The highest BCUT2D eigenvalue weighted by atomic mass is 79.9. The lowest BCUT2D eigenvalue weighted by Gasteiger charge is -2.09. The summed E-state index contributed by atoms with van der Waals surface area (Å²) < 4.78 is 6.20. The number of hydrogen-bond donors (Lipinski definition) is 0. The summed E-state index contributed by atoms with van der Waals surface area (Å²) in [5.41, 5.74) is 2.26. The third-order valence-electron chi connectivity index (χ3n) is 2.87. The molecule has 0 fully saturated rings. The molecule has 2 aromatic rings. The Kier molecular flexibility index (Phi) is 4.32. The summed E-state index contributed by atoms with van der Waals surface area (Å²) in [5.74, 6) is 0.708. The Morgan fingerprint density at radius 2 is 2.16 bits per heavy atom. The van der Waals surface area contributed by atoms with E-state index in [1.807, 2.05) is 37.3 Å². The summed E-state index contributed by atoms with van der Waals surface area (Å²) in [6.45, 7) is 1.89. The number of Topliss-reactive ketones (excluding diaryl/α,β-unsaturated/α-hetero) is 1. The van der Waals surface area contributed by atoms with Crippen LogP contribution in [0.25, 0.3) is 0 Å². The van der Waals surface area contributed by atoms with Crippen molar-refractivity contribution in [3.05, 3.63) is 57.8 Å². The van der Waals surface area contributed by atoms with Crippen LogP contribution in [-0.2, 0) is 6.42 Å². The molecule has 0 aliphatic heterocycles. The van der Waals surface area contributed by atoms with Gasteiger partial charge >= 0.3 is 0 Å². The summed E-state index contributed by atoms with van der Waals surface area (Å²) in [6, 6.07) is 9.34. The van der Waals surface area contributed by atoms with Crippen LogP contribution >= 0.6 is 15.9 Å². The van der Waals surface area contributed by atoms with Crippen molar-refractivity contribution in [3.63, 3.8) is 0 Å². The maximum atomic E-state index is 12.3. The molecule has 1 heterocycles. The number of methoxy groups -OCH3 is 1. The number of aromatic nitrogens is 1. The van der Waals surface area contributed by atoms with E-state index >= 15 is 0 Å². The molecule has 0 saturated heterocycles. The normalized spacial score (nSPS) is 10.3. The van der Waals surface area contributed by atoms with E-state index in [1.165, 1.54) is 0 Å². The Balaban J connectivity index is 2.29. The van der Waals surface area contributed by atoms with Gasteiger partial charge in [0.05, 0.1) is 7.11 Å². The predicted molar refractivity (Wildman–Crippen MR) is 77.7 cm³/mol.